The lowest BCUT2D eigenvalue weighted by atomic mass is 9.98. The van der Waals surface area contributed by atoms with E-state index in [-0.39, 0.29) is 17.9 Å². The Morgan fingerprint density at radius 2 is 2.05 bits per heavy atom. The fourth-order valence-corrected chi connectivity index (χ4v) is 2.70. The molecule has 2 rings (SSSR count). The summed E-state index contributed by atoms with van der Waals surface area (Å²) in [4.78, 5) is 12.3. The Labute approximate surface area is 127 Å². The summed E-state index contributed by atoms with van der Waals surface area (Å²) < 4.78 is 5.58. The Morgan fingerprint density at radius 3 is 2.71 bits per heavy atom. The molecule has 4 nitrogen and oxygen atoms in total. The fraction of sp³-hybridized carbons (Fsp3) is 0.588. The average molecular weight is 290 g/mol. The molecule has 4 heteroatoms. The van der Waals surface area contributed by atoms with Crippen molar-refractivity contribution >= 4 is 11.6 Å². The third-order valence-electron chi connectivity index (χ3n) is 3.93. The van der Waals surface area contributed by atoms with Gasteiger partial charge in [-0.15, -0.1) is 0 Å². The Balaban J connectivity index is 1.86. The van der Waals surface area contributed by atoms with Crippen molar-refractivity contribution in [2.45, 2.75) is 45.8 Å². The summed E-state index contributed by atoms with van der Waals surface area (Å²) in [5, 5.41) is 6.37. The molecular weight excluding hydrogens is 264 g/mol. The number of carbonyl (C=O) groups is 1. The van der Waals surface area contributed by atoms with E-state index in [4.69, 9.17) is 4.74 Å². The highest BCUT2D eigenvalue weighted by Gasteiger charge is 2.32. The van der Waals surface area contributed by atoms with Gasteiger partial charge in [0.2, 0.25) is 5.91 Å². The minimum Gasteiger partial charge on any atom is -0.377 e. The number of anilines is 1. The largest absolute Gasteiger partial charge is 0.377 e. The molecule has 1 aliphatic rings. The van der Waals surface area contributed by atoms with Crippen LogP contribution in [0, 0.1) is 5.92 Å². The highest BCUT2D eigenvalue weighted by atomic mass is 16.5. The maximum Gasteiger partial charge on any atom is 0.230 e. The van der Waals surface area contributed by atoms with Crippen LogP contribution in [-0.4, -0.2) is 25.2 Å². The van der Waals surface area contributed by atoms with Crippen molar-refractivity contribution in [3.8, 4) is 0 Å². The lowest BCUT2D eigenvalue weighted by Crippen LogP contribution is -2.29. The number of amides is 1. The maximum absolute atomic E-state index is 12.3. The molecule has 116 valence electrons. The molecule has 21 heavy (non-hydrogen) atoms. The predicted octanol–water partition coefficient (Wildman–Crippen LogP) is 2.94. The van der Waals surface area contributed by atoms with Crippen LogP contribution in [0.25, 0.3) is 0 Å². The van der Waals surface area contributed by atoms with Crippen LogP contribution >= 0.6 is 0 Å². The molecule has 0 bridgehead atoms. The van der Waals surface area contributed by atoms with E-state index in [0.29, 0.717) is 6.61 Å². The first-order valence-electron chi connectivity index (χ1n) is 7.96. The standard InChI is InChI=1S/C17H26N2O2/c1-3-10-18-12-13-5-7-14(8-6-13)19-17(20)15-9-11-21-16(15)4-2/h5-8,15-16,18H,3-4,9-12H2,1-2H3,(H,19,20). The van der Waals surface area contributed by atoms with Crippen LogP contribution in [0.5, 0.6) is 0 Å². The molecule has 2 N–H and O–H groups in total. The number of hydrogen-bond acceptors (Lipinski definition) is 3. The lowest BCUT2D eigenvalue weighted by molar-refractivity contribution is -0.121. The van der Waals surface area contributed by atoms with Crippen molar-refractivity contribution in [2.75, 3.05) is 18.5 Å². The van der Waals surface area contributed by atoms with Crippen LogP contribution in [-0.2, 0) is 16.1 Å². The second kappa shape index (κ2) is 8.15. The molecule has 1 aromatic rings. The van der Waals surface area contributed by atoms with E-state index >= 15 is 0 Å². The van der Waals surface area contributed by atoms with E-state index in [1.54, 1.807) is 0 Å². The fourth-order valence-electron chi connectivity index (χ4n) is 2.70. The Hall–Kier alpha value is -1.39. The second-order valence-corrected chi connectivity index (χ2v) is 5.58. The Kier molecular flexibility index (Phi) is 6.21. The SMILES string of the molecule is CCCNCc1ccc(NC(=O)C2CCOC2CC)cc1. The summed E-state index contributed by atoms with van der Waals surface area (Å²) in [6.45, 7) is 6.81. The average Bonchev–Trinajstić information content (AvgIpc) is 2.98. The third kappa shape index (κ3) is 4.55. The number of benzene rings is 1. The first kappa shape index (κ1) is 16.0. The first-order chi connectivity index (χ1) is 10.2. The van der Waals surface area contributed by atoms with E-state index in [1.807, 2.05) is 12.1 Å². The van der Waals surface area contributed by atoms with Gasteiger partial charge in [-0.2, -0.15) is 0 Å². The molecule has 1 saturated heterocycles. The molecule has 1 aliphatic heterocycles. The topological polar surface area (TPSA) is 50.4 Å². The minimum absolute atomic E-state index is 0.0131. The molecule has 2 atom stereocenters. The van der Waals surface area contributed by atoms with Gasteiger partial charge in [-0.3, -0.25) is 4.79 Å². The van der Waals surface area contributed by atoms with Crippen LogP contribution in [0.2, 0.25) is 0 Å². The number of rotatable bonds is 7. The van der Waals surface area contributed by atoms with Gasteiger partial charge in [-0.25, -0.2) is 0 Å². The molecule has 0 aromatic heterocycles. The van der Waals surface area contributed by atoms with Crippen molar-refractivity contribution in [1.82, 2.24) is 5.32 Å². The smallest absolute Gasteiger partial charge is 0.230 e. The van der Waals surface area contributed by atoms with Crippen molar-refractivity contribution in [2.24, 2.45) is 5.92 Å². The lowest BCUT2D eigenvalue weighted by Gasteiger charge is -2.16. The van der Waals surface area contributed by atoms with Gasteiger partial charge in [-0.1, -0.05) is 26.0 Å². The van der Waals surface area contributed by atoms with Gasteiger partial charge in [0, 0.05) is 18.8 Å². The quantitative estimate of drug-likeness (QED) is 0.759. The van der Waals surface area contributed by atoms with Gasteiger partial charge in [-0.05, 0) is 43.5 Å². The molecule has 1 aromatic carbocycles. The van der Waals surface area contributed by atoms with Gasteiger partial charge >= 0.3 is 0 Å². The van der Waals surface area contributed by atoms with Crippen molar-refractivity contribution in [1.29, 1.82) is 0 Å². The van der Waals surface area contributed by atoms with Crippen LogP contribution in [0.4, 0.5) is 5.69 Å². The molecule has 1 amide bonds. The number of hydrogen-bond donors (Lipinski definition) is 2. The van der Waals surface area contributed by atoms with E-state index < -0.39 is 0 Å². The normalized spacial score (nSPS) is 21.4. The van der Waals surface area contributed by atoms with E-state index in [2.05, 4.69) is 36.6 Å². The zero-order valence-corrected chi connectivity index (χ0v) is 13.0. The van der Waals surface area contributed by atoms with Crippen molar-refractivity contribution in [3.63, 3.8) is 0 Å². The maximum atomic E-state index is 12.3. The molecule has 0 radical (unpaired) electrons. The predicted molar refractivity (Wildman–Crippen MR) is 85.2 cm³/mol. The zero-order valence-electron chi connectivity index (χ0n) is 13.0. The summed E-state index contributed by atoms with van der Waals surface area (Å²) in [6, 6.07) is 8.05. The highest BCUT2D eigenvalue weighted by molar-refractivity contribution is 5.93. The highest BCUT2D eigenvalue weighted by Crippen LogP contribution is 2.25. The summed E-state index contributed by atoms with van der Waals surface area (Å²) in [6.07, 6.45) is 2.92. The van der Waals surface area contributed by atoms with Gasteiger partial charge in [0.05, 0.1) is 12.0 Å². The molecule has 0 spiro atoms. The number of ether oxygens (including phenoxy) is 1. The van der Waals surface area contributed by atoms with E-state index in [1.165, 1.54) is 5.56 Å². The number of nitrogens with one attached hydrogen (secondary N) is 2. The molecule has 1 fully saturated rings. The van der Waals surface area contributed by atoms with Crippen LogP contribution < -0.4 is 10.6 Å². The summed E-state index contributed by atoms with van der Waals surface area (Å²) >= 11 is 0. The van der Waals surface area contributed by atoms with Crippen LogP contribution in [0.15, 0.2) is 24.3 Å². The van der Waals surface area contributed by atoms with Gasteiger partial charge in [0.15, 0.2) is 0 Å². The molecule has 0 saturated carbocycles. The molecule has 1 heterocycles. The summed E-state index contributed by atoms with van der Waals surface area (Å²) in [7, 11) is 0. The third-order valence-corrected chi connectivity index (χ3v) is 3.93. The van der Waals surface area contributed by atoms with Gasteiger partial charge in [0.1, 0.15) is 0 Å². The number of carbonyl (C=O) groups excluding carboxylic acids is 1. The van der Waals surface area contributed by atoms with E-state index in [9.17, 15) is 4.79 Å². The first-order valence-corrected chi connectivity index (χ1v) is 7.96. The van der Waals surface area contributed by atoms with Crippen LogP contribution in [0.1, 0.15) is 38.7 Å². The Morgan fingerprint density at radius 1 is 1.29 bits per heavy atom. The Bertz CT molecular complexity index is 445. The molecule has 2 unspecified atom stereocenters. The van der Waals surface area contributed by atoms with Crippen molar-refractivity contribution in [3.05, 3.63) is 29.8 Å². The minimum atomic E-state index is -0.0131. The monoisotopic (exact) mass is 290 g/mol. The summed E-state index contributed by atoms with van der Waals surface area (Å²) in [5.41, 5.74) is 2.10. The molecule has 0 aliphatic carbocycles. The van der Waals surface area contributed by atoms with Crippen LogP contribution in [0.3, 0.4) is 0 Å². The molecular formula is C17H26N2O2. The second-order valence-electron chi connectivity index (χ2n) is 5.58. The summed E-state index contributed by atoms with van der Waals surface area (Å²) in [5.74, 6) is 0.0668. The zero-order chi connectivity index (χ0) is 15.1. The van der Waals surface area contributed by atoms with Gasteiger partial charge < -0.3 is 15.4 Å². The van der Waals surface area contributed by atoms with Crippen molar-refractivity contribution < 1.29 is 9.53 Å². The van der Waals surface area contributed by atoms with E-state index in [0.717, 1.165) is 38.0 Å². The van der Waals surface area contributed by atoms with Gasteiger partial charge in [0.25, 0.3) is 0 Å².